The minimum Gasteiger partial charge on any atom is -0.376 e. The molecule has 2 heterocycles. The fraction of sp³-hybridized carbons (Fsp3) is 0.692. The molecule has 1 atom stereocenters. The predicted molar refractivity (Wildman–Crippen MR) is 88.6 cm³/mol. The number of aryl methyl sites for hydroxylation is 2. The minimum absolute atomic E-state index is 0. The van der Waals surface area contributed by atoms with E-state index >= 15 is 0 Å². The van der Waals surface area contributed by atoms with Gasteiger partial charge in [-0.15, -0.1) is 24.0 Å². The first-order chi connectivity index (χ1) is 9.16. The monoisotopic (exact) mass is 394 g/mol. The number of hydrogen-bond acceptors (Lipinski definition) is 4. The lowest BCUT2D eigenvalue weighted by Gasteiger charge is -2.08. The fourth-order valence-corrected chi connectivity index (χ4v) is 2.22. The summed E-state index contributed by atoms with van der Waals surface area (Å²) in [5.41, 5.74) is 7.89. The van der Waals surface area contributed by atoms with Gasteiger partial charge in [0.05, 0.1) is 18.3 Å². The highest BCUT2D eigenvalue weighted by Gasteiger charge is 2.14. The van der Waals surface area contributed by atoms with Crippen molar-refractivity contribution in [1.82, 2.24) is 10.5 Å². The molecule has 0 spiro atoms. The molecular formula is C13H23IN4O2. The van der Waals surface area contributed by atoms with Crippen LogP contribution in [0.15, 0.2) is 9.52 Å². The topological polar surface area (TPSA) is 85.7 Å². The van der Waals surface area contributed by atoms with Gasteiger partial charge in [-0.2, -0.15) is 0 Å². The summed E-state index contributed by atoms with van der Waals surface area (Å²) in [6.07, 6.45) is 3.27. The third-order valence-corrected chi connectivity index (χ3v) is 3.35. The molecule has 1 unspecified atom stereocenters. The van der Waals surface area contributed by atoms with Crippen LogP contribution < -0.4 is 11.1 Å². The minimum atomic E-state index is 0. The Morgan fingerprint density at radius 3 is 2.90 bits per heavy atom. The fourth-order valence-electron chi connectivity index (χ4n) is 2.22. The van der Waals surface area contributed by atoms with E-state index in [2.05, 4.69) is 15.5 Å². The molecule has 0 radical (unpaired) electrons. The quantitative estimate of drug-likeness (QED) is 0.450. The van der Waals surface area contributed by atoms with Crippen LogP contribution in [0.4, 0.5) is 0 Å². The highest BCUT2D eigenvalue weighted by Crippen LogP contribution is 2.12. The Labute approximate surface area is 136 Å². The largest absolute Gasteiger partial charge is 0.376 e. The first kappa shape index (κ1) is 17.2. The maximum Gasteiger partial charge on any atom is 0.188 e. The third-order valence-electron chi connectivity index (χ3n) is 3.35. The van der Waals surface area contributed by atoms with E-state index in [-0.39, 0.29) is 30.1 Å². The van der Waals surface area contributed by atoms with Crippen LogP contribution in [-0.4, -0.2) is 36.9 Å². The van der Waals surface area contributed by atoms with Gasteiger partial charge in [0.15, 0.2) is 5.96 Å². The molecule has 0 saturated carbocycles. The van der Waals surface area contributed by atoms with Crippen molar-refractivity contribution < 1.29 is 9.26 Å². The van der Waals surface area contributed by atoms with Gasteiger partial charge in [0.25, 0.3) is 0 Å². The normalized spacial score (nSPS) is 18.9. The van der Waals surface area contributed by atoms with E-state index in [4.69, 9.17) is 15.0 Å². The number of nitrogens with one attached hydrogen (secondary N) is 1. The smallest absolute Gasteiger partial charge is 0.188 e. The number of nitrogens with zero attached hydrogens (tertiary/aromatic N) is 2. The molecule has 1 aromatic heterocycles. The van der Waals surface area contributed by atoms with Gasteiger partial charge in [-0.05, 0) is 33.1 Å². The number of aliphatic imine (C=N–C) groups is 1. The molecule has 6 nitrogen and oxygen atoms in total. The Kier molecular flexibility index (Phi) is 7.28. The second-order valence-electron chi connectivity index (χ2n) is 4.84. The molecule has 1 aliphatic heterocycles. The first-order valence-electron chi connectivity index (χ1n) is 6.74. The molecule has 3 N–H and O–H groups in total. The Hall–Kier alpha value is -0.830. The molecule has 1 aliphatic rings. The highest BCUT2D eigenvalue weighted by atomic mass is 127. The lowest BCUT2D eigenvalue weighted by atomic mass is 10.1. The Morgan fingerprint density at radius 1 is 1.50 bits per heavy atom. The highest BCUT2D eigenvalue weighted by molar-refractivity contribution is 14.0. The molecule has 20 heavy (non-hydrogen) atoms. The first-order valence-corrected chi connectivity index (χ1v) is 6.74. The van der Waals surface area contributed by atoms with E-state index in [9.17, 15) is 0 Å². The molecule has 1 fully saturated rings. The van der Waals surface area contributed by atoms with Crippen molar-refractivity contribution in [1.29, 1.82) is 0 Å². The summed E-state index contributed by atoms with van der Waals surface area (Å²) in [6.45, 7) is 6.08. The van der Waals surface area contributed by atoms with E-state index < -0.39 is 0 Å². The van der Waals surface area contributed by atoms with Crippen LogP contribution in [0.5, 0.6) is 0 Å². The van der Waals surface area contributed by atoms with Gasteiger partial charge >= 0.3 is 0 Å². The van der Waals surface area contributed by atoms with Crippen molar-refractivity contribution in [2.45, 2.75) is 39.2 Å². The van der Waals surface area contributed by atoms with E-state index in [0.29, 0.717) is 12.5 Å². The Balaban J connectivity index is 0.00000200. The number of hydrogen-bond donors (Lipinski definition) is 2. The summed E-state index contributed by atoms with van der Waals surface area (Å²) in [6, 6.07) is 0. The molecule has 7 heteroatoms. The maximum atomic E-state index is 5.81. The zero-order valence-electron chi connectivity index (χ0n) is 12.0. The summed E-state index contributed by atoms with van der Waals surface area (Å²) in [5, 5.41) is 7.02. The lowest BCUT2D eigenvalue weighted by Crippen LogP contribution is -2.34. The molecule has 1 aromatic rings. The number of aromatic nitrogens is 1. The number of guanidine groups is 1. The van der Waals surface area contributed by atoms with Crippen molar-refractivity contribution >= 4 is 29.9 Å². The molecule has 0 amide bonds. The lowest BCUT2D eigenvalue weighted by molar-refractivity contribution is 0.118. The van der Waals surface area contributed by atoms with Crippen LogP contribution in [0.2, 0.25) is 0 Å². The van der Waals surface area contributed by atoms with E-state index in [1.54, 1.807) is 0 Å². The van der Waals surface area contributed by atoms with Gasteiger partial charge in [-0.3, -0.25) is 4.99 Å². The second-order valence-corrected chi connectivity index (χ2v) is 4.84. The summed E-state index contributed by atoms with van der Waals surface area (Å²) in [4.78, 5) is 4.29. The maximum absolute atomic E-state index is 5.81. The molecular weight excluding hydrogens is 371 g/mol. The van der Waals surface area contributed by atoms with Crippen LogP contribution in [0.1, 0.15) is 29.9 Å². The van der Waals surface area contributed by atoms with Crippen molar-refractivity contribution in [3.05, 3.63) is 17.0 Å². The molecule has 114 valence electrons. The van der Waals surface area contributed by atoms with Crippen molar-refractivity contribution in [2.75, 3.05) is 19.7 Å². The standard InChI is InChI=1S/C13H22N4O2.HI/c1-9-12(10(2)19-17-9)5-6-15-13(14)16-8-11-4-3-7-18-11;/h11H,3-8H2,1-2H3,(H3,14,15,16);1H. The number of nitrogens with two attached hydrogens (primary N) is 1. The average Bonchev–Trinajstić information content (AvgIpc) is 3.00. The van der Waals surface area contributed by atoms with E-state index in [0.717, 1.165) is 49.4 Å². The van der Waals surface area contributed by atoms with Gasteiger partial charge in [0, 0.05) is 18.7 Å². The Morgan fingerprint density at radius 2 is 2.30 bits per heavy atom. The zero-order chi connectivity index (χ0) is 13.7. The predicted octanol–water partition coefficient (Wildman–Crippen LogP) is 1.54. The van der Waals surface area contributed by atoms with Gasteiger partial charge in [-0.25, -0.2) is 0 Å². The summed E-state index contributed by atoms with van der Waals surface area (Å²) >= 11 is 0. The zero-order valence-corrected chi connectivity index (χ0v) is 14.3. The van der Waals surface area contributed by atoms with Crippen LogP contribution in [-0.2, 0) is 11.2 Å². The average molecular weight is 394 g/mol. The van der Waals surface area contributed by atoms with Crippen LogP contribution in [0.3, 0.4) is 0 Å². The van der Waals surface area contributed by atoms with Gasteiger partial charge in [0.2, 0.25) is 0 Å². The Bertz CT molecular complexity index is 422. The second kappa shape index (κ2) is 8.46. The molecule has 1 saturated heterocycles. The van der Waals surface area contributed by atoms with Gasteiger partial charge in [-0.1, -0.05) is 5.16 Å². The van der Waals surface area contributed by atoms with Gasteiger partial charge < -0.3 is 20.3 Å². The van der Waals surface area contributed by atoms with Crippen molar-refractivity contribution in [3.63, 3.8) is 0 Å². The molecule has 0 aliphatic carbocycles. The molecule has 0 aromatic carbocycles. The third kappa shape index (κ3) is 4.93. The number of rotatable bonds is 5. The summed E-state index contributed by atoms with van der Waals surface area (Å²) in [5.74, 6) is 1.34. The van der Waals surface area contributed by atoms with Crippen LogP contribution in [0.25, 0.3) is 0 Å². The van der Waals surface area contributed by atoms with Gasteiger partial charge in [0.1, 0.15) is 5.76 Å². The number of ether oxygens (including phenoxy) is 1. The number of halogens is 1. The van der Waals surface area contributed by atoms with Crippen LogP contribution >= 0.6 is 24.0 Å². The molecule has 0 bridgehead atoms. The summed E-state index contributed by atoms with van der Waals surface area (Å²) < 4.78 is 10.6. The van der Waals surface area contributed by atoms with Crippen molar-refractivity contribution in [3.8, 4) is 0 Å². The molecule has 2 rings (SSSR count). The van der Waals surface area contributed by atoms with E-state index in [1.165, 1.54) is 0 Å². The van der Waals surface area contributed by atoms with E-state index in [1.807, 2.05) is 13.8 Å². The van der Waals surface area contributed by atoms with Crippen LogP contribution in [0, 0.1) is 13.8 Å². The van der Waals surface area contributed by atoms with Crippen molar-refractivity contribution in [2.24, 2.45) is 10.7 Å². The SMILES string of the molecule is Cc1noc(C)c1CCNC(N)=NCC1CCCO1.I. The summed E-state index contributed by atoms with van der Waals surface area (Å²) in [7, 11) is 0.